The highest BCUT2D eigenvalue weighted by atomic mass is 16.5. The number of pyridine rings is 1. The highest BCUT2D eigenvalue weighted by molar-refractivity contribution is 5.33. The molecule has 1 aromatic heterocycles. The summed E-state index contributed by atoms with van der Waals surface area (Å²) in [7, 11) is 1.62. The van der Waals surface area contributed by atoms with E-state index in [1.807, 2.05) is 28.8 Å². The summed E-state index contributed by atoms with van der Waals surface area (Å²) in [4.78, 5) is 11.1. The molecule has 0 radical (unpaired) electrons. The molecule has 100 valence electrons. The van der Waals surface area contributed by atoms with Crippen LogP contribution < -0.4 is 20.6 Å². The summed E-state index contributed by atoms with van der Waals surface area (Å²) in [5.41, 5.74) is 5.63. The number of nitrogen functional groups attached to an aromatic ring is 1. The summed E-state index contributed by atoms with van der Waals surface area (Å²) in [5, 5.41) is 0. The number of hydrogen-bond acceptors (Lipinski definition) is 4. The molecule has 2 aromatic rings. The summed E-state index contributed by atoms with van der Waals surface area (Å²) < 4.78 is 12.5. The van der Waals surface area contributed by atoms with Gasteiger partial charge < -0.3 is 19.8 Å². The van der Waals surface area contributed by atoms with Crippen LogP contribution in [0.4, 0.5) is 5.69 Å². The maximum atomic E-state index is 11.1. The van der Waals surface area contributed by atoms with E-state index < -0.39 is 0 Å². The van der Waals surface area contributed by atoms with E-state index in [1.54, 1.807) is 19.5 Å². The zero-order valence-corrected chi connectivity index (χ0v) is 10.7. The fourth-order valence-corrected chi connectivity index (χ4v) is 1.62. The van der Waals surface area contributed by atoms with Gasteiger partial charge in [0.1, 0.15) is 18.1 Å². The second-order valence-electron chi connectivity index (χ2n) is 4.03. The third-order valence-electron chi connectivity index (χ3n) is 2.68. The Hall–Kier alpha value is -2.43. The molecule has 0 saturated carbocycles. The Labute approximate surface area is 111 Å². The standard InChI is InChI=1S/C14H16N2O3/c1-18-11-2-4-12(5-3-11)19-9-8-16-7-6-14(17)13(15)10-16/h2-7,10H,8-9,15H2,1H3. The Morgan fingerprint density at radius 3 is 2.47 bits per heavy atom. The molecular formula is C14H16N2O3. The Balaban J connectivity index is 1.88. The molecule has 5 nitrogen and oxygen atoms in total. The van der Waals surface area contributed by atoms with Gasteiger partial charge in [0.2, 0.25) is 5.43 Å². The Morgan fingerprint density at radius 1 is 1.16 bits per heavy atom. The van der Waals surface area contributed by atoms with Gasteiger partial charge in [-0.15, -0.1) is 0 Å². The van der Waals surface area contributed by atoms with Crippen LogP contribution in [0.15, 0.2) is 47.5 Å². The first-order chi connectivity index (χ1) is 9.19. The molecule has 0 saturated heterocycles. The molecule has 0 spiro atoms. The third-order valence-corrected chi connectivity index (χ3v) is 2.68. The van der Waals surface area contributed by atoms with E-state index in [-0.39, 0.29) is 11.1 Å². The maximum Gasteiger partial charge on any atom is 0.204 e. The molecule has 5 heteroatoms. The van der Waals surface area contributed by atoms with E-state index in [1.165, 1.54) is 6.07 Å². The number of rotatable bonds is 5. The van der Waals surface area contributed by atoms with E-state index in [4.69, 9.17) is 15.2 Å². The van der Waals surface area contributed by atoms with Crippen LogP contribution in [0, 0.1) is 0 Å². The van der Waals surface area contributed by atoms with E-state index in [0.717, 1.165) is 11.5 Å². The molecule has 1 heterocycles. The van der Waals surface area contributed by atoms with Crippen LogP contribution in [0.1, 0.15) is 0 Å². The minimum atomic E-state index is -0.160. The molecule has 0 unspecified atom stereocenters. The first kappa shape index (κ1) is 13.0. The van der Waals surface area contributed by atoms with Crippen molar-refractivity contribution in [3.63, 3.8) is 0 Å². The highest BCUT2D eigenvalue weighted by Crippen LogP contribution is 2.16. The lowest BCUT2D eigenvalue weighted by atomic mass is 10.3. The van der Waals surface area contributed by atoms with Crippen LogP contribution >= 0.6 is 0 Å². The lowest BCUT2D eigenvalue weighted by molar-refractivity contribution is 0.297. The van der Waals surface area contributed by atoms with Crippen LogP contribution in [0.5, 0.6) is 11.5 Å². The van der Waals surface area contributed by atoms with Crippen molar-refractivity contribution in [1.29, 1.82) is 0 Å². The zero-order valence-electron chi connectivity index (χ0n) is 10.7. The highest BCUT2D eigenvalue weighted by Gasteiger charge is 1.97. The van der Waals surface area contributed by atoms with E-state index in [2.05, 4.69) is 0 Å². The molecule has 2 rings (SSSR count). The molecular weight excluding hydrogens is 244 g/mol. The van der Waals surface area contributed by atoms with Crippen LogP contribution in [0.3, 0.4) is 0 Å². The van der Waals surface area contributed by atoms with Gasteiger partial charge in [-0.3, -0.25) is 4.79 Å². The SMILES string of the molecule is COc1ccc(OCCn2ccc(=O)c(N)c2)cc1. The molecule has 0 aliphatic carbocycles. The lowest BCUT2D eigenvalue weighted by Crippen LogP contribution is -2.13. The van der Waals surface area contributed by atoms with Crippen LogP contribution in [-0.4, -0.2) is 18.3 Å². The normalized spacial score (nSPS) is 10.2. The first-order valence-corrected chi connectivity index (χ1v) is 5.91. The van der Waals surface area contributed by atoms with Crippen molar-refractivity contribution in [3.05, 3.63) is 52.9 Å². The van der Waals surface area contributed by atoms with Crippen LogP contribution in [0.2, 0.25) is 0 Å². The fourth-order valence-electron chi connectivity index (χ4n) is 1.62. The number of anilines is 1. The number of ether oxygens (including phenoxy) is 2. The van der Waals surface area contributed by atoms with Gasteiger partial charge in [-0.2, -0.15) is 0 Å². The van der Waals surface area contributed by atoms with Gasteiger partial charge in [0.25, 0.3) is 0 Å². The average Bonchev–Trinajstić information content (AvgIpc) is 2.43. The predicted molar refractivity (Wildman–Crippen MR) is 73.6 cm³/mol. The smallest absolute Gasteiger partial charge is 0.204 e. The number of methoxy groups -OCH3 is 1. The summed E-state index contributed by atoms with van der Waals surface area (Å²) in [5.74, 6) is 1.57. The van der Waals surface area contributed by atoms with Crippen molar-refractivity contribution < 1.29 is 9.47 Å². The molecule has 0 amide bonds. The molecule has 0 fully saturated rings. The van der Waals surface area contributed by atoms with Crippen molar-refractivity contribution in [2.24, 2.45) is 0 Å². The number of benzene rings is 1. The molecule has 0 atom stereocenters. The minimum Gasteiger partial charge on any atom is -0.497 e. The lowest BCUT2D eigenvalue weighted by Gasteiger charge is -2.09. The molecule has 1 aromatic carbocycles. The molecule has 0 aliphatic heterocycles. The van der Waals surface area contributed by atoms with E-state index >= 15 is 0 Å². The van der Waals surface area contributed by atoms with Gasteiger partial charge in [0.15, 0.2) is 0 Å². The van der Waals surface area contributed by atoms with Crippen molar-refractivity contribution in [2.75, 3.05) is 19.5 Å². The monoisotopic (exact) mass is 260 g/mol. The van der Waals surface area contributed by atoms with Crippen molar-refractivity contribution in [3.8, 4) is 11.5 Å². The molecule has 0 aliphatic rings. The van der Waals surface area contributed by atoms with E-state index in [9.17, 15) is 4.79 Å². The Bertz CT molecular complexity index is 590. The first-order valence-electron chi connectivity index (χ1n) is 5.91. The molecule has 0 bridgehead atoms. The number of nitrogens with zero attached hydrogens (tertiary/aromatic N) is 1. The molecule has 19 heavy (non-hydrogen) atoms. The van der Waals surface area contributed by atoms with Crippen molar-refractivity contribution >= 4 is 5.69 Å². The third kappa shape index (κ3) is 3.51. The summed E-state index contributed by atoms with van der Waals surface area (Å²) >= 11 is 0. The Morgan fingerprint density at radius 2 is 1.84 bits per heavy atom. The fraction of sp³-hybridized carbons (Fsp3) is 0.214. The minimum absolute atomic E-state index is 0.160. The van der Waals surface area contributed by atoms with Crippen LogP contribution in [0.25, 0.3) is 0 Å². The van der Waals surface area contributed by atoms with E-state index in [0.29, 0.717) is 13.2 Å². The topological polar surface area (TPSA) is 66.5 Å². The summed E-state index contributed by atoms with van der Waals surface area (Å²) in [6.07, 6.45) is 3.30. The van der Waals surface area contributed by atoms with Gasteiger partial charge in [-0.05, 0) is 24.3 Å². The van der Waals surface area contributed by atoms with Crippen molar-refractivity contribution in [2.45, 2.75) is 6.54 Å². The number of aromatic nitrogens is 1. The second-order valence-corrected chi connectivity index (χ2v) is 4.03. The number of nitrogens with two attached hydrogens (primary N) is 1. The van der Waals surface area contributed by atoms with Gasteiger partial charge in [0, 0.05) is 18.5 Å². The van der Waals surface area contributed by atoms with Gasteiger partial charge in [-0.25, -0.2) is 0 Å². The van der Waals surface area contributed by atoms with Gasteiger partial charge in [0.05, 0.1) is 19.3 Å². The quantitative estimate of drug-likeness (QED) is 0.885. The van der Waals surface area contributed by atoms with Crippen molar-refractivity contribution in [1.82, 2.24) is 4.57 Å². The second kappa shape index (κ2) is 5.95. The zero-order chi connectivity index (χ0) is 13.7. The van der Waals surface area contributed by atoms with Gasteiger partial charge >= 0.3 is 0 Å². The average molecular weight is 260 g/mol. The predicted octanol–water partition coefficient (Wildman–Crippen LogP) is 1.52. The largest absolute Gasteiger partial charge is 0.497 e. The maximum absolute atomic E-state index is 11.1. The van der Waals surface area contributed by atoms with Crippen LogP contribution in [-0.2, 0) is 6.54 Å². The summed E-state index contributed by atoms with van der Waals surface area (Å²) in [6, 6.07) is 8.82. The van der Waals surface area contributed by atoms with Gasteiger partial charge in [-0.1, -0.05) is 0 Å². The Kier molecular flexibility index (Phi) is 4.07. The summed E-state index contributed by atoms with van der Waals surface area (Å²) in [6.45, 7) is 1.12. The molecule has 2 N–H and O–H groups in total. The number of hydrogen-bond donors (Lipinski definition) is 1.